The number of hydrogen-bond donors (Lipinski definition) is 3. The Labute approximate surface area is 167 Å². The van der Waals surface area contributed by atoms with Crippen molar-refractivity contribution in [1.29, 1.82) is 0 Å². The van der Waals surface area contributed by atoms with Gasteiger partial charge in [-0.05, 0) is 43.9 Å². The lowest BCUT2D eigenvalue weighted by molar-refractivity contribution is 0.372. The number of hydrogen-bond acceptors (Lipinski definition) is 5. The van der Waals surface area contributed by atoms with Gasteiger partial charge in [0, 0.05) is 25.1 Å². The minimum Gasteiger partial charge on any atom is -0.504 e. The molecule has 7 nitrogen and oxygen atoms in total. The predicted octanol–water partition coefficient (Wildman–Crippen LogP) is 3.59. The average molecular weight is 389 g/mol. The molecule has 0 spiro atoms. The van der Waals surface area contributed by atoms with E-state index in [2.05, 4.69) is 34.6 Å². The largest absolute Gasteiger partial charge is 0.504 e. The molecule has 0 unspecified atom stereocenters. The van der Waals surface area contributed by atoms with Crippen LogP contribution >= 0.6 is 0 Å². The average Bonchev–Trinajstić information content (AvgIpc) is 3.17. The van der Waals surface area contributed by atoms with Gasteiger partial charge in [-0.15, -0.1) is 0 Å². The Kier molecular flexibility index (Phi) is 8.65. The van der Waals surface area contributed by atoms with Crippen molar-refractivity contribution in [3.05, 3.63) is 41.3 Å². The smallest absolute Gasteiger partial charge is 0.191 e. The number of phenolic OH excluding ortho intramolecular Hbond substituents is 1. The first-order chi connectivity index (χ1) is 13.6. The van der Waals surface area contributed by atoms with Crippen LogP contribution in [0.25, 0.3) is 0 Å². The lowest BCUT2D eigenvalue weighted by Crippen LogP contribution is -2.38. The summed E-state index contributed by atoms with van der Waals surface area (Å²) in [5, 5.41) is 20.4. The van der Waals surface area contributed by atoms with Gasteiger partial charge in [-0.1, -0.05) is 25.1 Å². The summed E-state index contributed by atoms with van der Waals surface area (Å²) in [5.74, 6) is 2.57. The third-order valence-corrected chi connectivity index (χ3v) is 4.67. The lowest BCUT2D eigenvalue weighted by atomic mass is 9.99. The van der Waals surface area contributed by atoms with Crippen molar-refractivity contribution in [2.75, 3.05) is 20.2 Å². The summed E-state index contributed by atoms with van der Waals surface area (Å²) in [6.07, 6.45) is 2.89. The number of aliphatic imine (C=N–C) groups is 1. The van der Waals surface area contributed by atoms with Crippen LogP contribution in [0.5, 0.6) is 11.5 Å². The molecule has 0 amide bonds. The Morgan fingerprint density at radius 1 is 1.21 bits per heavy atom. The highest BCUT2D eigenvalue weighted by molar-refractivity contribution is 5.79. The molecule has 3 N–H and O–H groups in total. The Hall–Kier alpha value is -2.70. The van der Waals surface area contributed by atoms with Gasteiger partial charge in [-0.3, -0.25) is 0 Å². The topological polar surface area (TPSA) is 91.9 Å². The molecule has 0 saturated carbocycles. The third kappa shape index (κ3) is 6.18. The normalized spacial score (nSPS) is 11.7. The van der Waals surface area contributed by atoms with E-state index in [-0.39, 0.29) is 5.75 Å². The monoisotopic (exact) mass is 388 g/mol. The number of ether oxygens (including phenoxy) is 1. The predicted molar refractivity (Wildman–Crippen MR) is 111 cm³/mol. The molecule has 1 aromatic heterocycles. The number of nitrogens with one attached hydrogen (secondary N) is 2. The summed E-state index contributed by atoms with van der Waals surface area (Å²) >= 11 is 0. The van der Waals surface area contributed by atoms with Crippen molar-refractivity contribution < 1.29 is 14.4 Å². The lowest BCUT2D eigenvalue weighted by Gasteiger charge is -2.11. The molecule has 0 radical (unpaired) electrons. The van der Waals surface area contributed by atoms with E-state index in [1.54, 1.807) is 13.2 Å². The minimum absolute atomic E-state index is 0.147. The maximum atomic E-state index is 9.68. The summed E-state index contributed by atoms with van der Waals surface area (Å²) < 4.78 is 10.6. The number of aromatic hydroxyl groups is 1. The molecule has 1 heterocycles. The molecule has 0 aliphatic carbocycles. The quantitative estimate of drug-likeness (QED) is 0.426. The first-order valence-corrected chi connectivity index (χ1v) is 9.94. The van der Waals surface area contributed by atoms with E-state index >= 15 is 0 Å². The summed E-state index contributed by atoms with van der Waals surface area (Å²) in [6.45, 7) is 8.27. The SMILES string of the molecule is CCNC(=NCc1cc(C(CC)CC)no1)NCCc1ccc(O)c(OC)c1. The van der Waals surface area contributed by atoms with E-state index in [0.717, 1.165) is 48.8 Å². The van der Waals surface area contributed by atoms with Crippen molar-refractivity contribution in [2.24, 2.45) is 4.99 Å². The standard InChI is InChI=1S/C21H32N4O3/c1-5-16(6-2)18-13-17(28-25-18)14-24-21(22-7-3)23-11-10-15-8-9-19(26)20(12-15)27-4/h8-9,12-13,16,26H,5-7,10-11,14H2,1-4H3,(H2,22,23,24). The minimum atomic E-state index is 0.147. The van der Waals surface area contributed by atoms with Gasteiger partial charge in [-0.25, -0.2) is 4.99 Å². The van der Waals surface area contributed by atoms with Gasteiger partial charge in [0.05, 0.1) is 12.8 Å². The van der Waals surface area contributed by atoms with Gasteiger partial charge >= 0.3 is 0 Å². The number of aromatic nitrogens is 1. The van der Waals surface area contributed by atoms with E-state index in [9.17, 15) is 5.11 Å². The van der Waals surface area contributed by atoms with Gasteiger partial charge < -0.3 is 25.0 Å². The number of phenols is 1. The summed E-state index contributed by atoms with van der Waals surface area (Å²) in [5.41, 5.74) is 2.08. The Bertz CT molecular complexity index is 754. The Balaban J connectivity index is 1.91. The molecule has 0 atom stereocenters. The molecule has 1 aromatic carbocycles. The molecular formula is C21H32N4O3. The molecule has 0 bridgehead atoms. The van der Waals surface area contributed by atoms with Crippen LogP contribution in [0, 0.1) is 0 Å². The molecule has 0 aliphatic heterocycles. The van der Waals surface area contributed by atoms with Crippen LogP contribution in [0.1, 0.15) is 56.5 Å². The number of rotatable bonds is 10. The van der Waals surface area contributed by atoms with Crippen molar-refractivity contribution in [3.8, 4) is 11.5 Å². The van der Waals surface area contributed by atoms with Gasteiger partial charge in [-0.2, -0.15) is 0 Å². The van der Waals surface area contributed by atoms with E-state index in [1.807, 2.05) is 25.1 Å². The summed E-state index contributed by atoms with van der Waals surface area (Å²) in [4.78, 5) is 4.58. The highest BCUT2D eigenvalue weighted by Gasteiger charge is 2.12. The van der Waals surface area contributed by atoms with Crippen LogP contribution in [-0.4, -0.2) is 36.4 Å². The number of nitrogens with zero attached hydrogens (tertiary/aromatic N) is 2. The molecule has 28 heavy (non-hydrogen) atoms. The molecule has 0 fully saturated rings. The fourth-order valence-corrected chi connectivity index (χ4v) is 3.00. The zero-order chi connectivity index (χ0) is 20.4. The van der Waals surface area contributed by atoms with Crippen LogP contribution in [-0.2, 0) is 13.0 Å². The van der Waals surface area contributed by atoms with Gasteiger partial charge in [0.1, 0.15) is 6.54 Å². The van der Waals surface area contributed by atoms with Crippen molar-refractivity contribution >= 4 is 5.96 Å². The van der Waals surface area contributed by atoms with Crippen LogP contribution in [0.15, 0.2) is 33.8 Å². The van der Waals surface area contributed by atoms with E-state index in [4.69, 9.17) is 9.26 Å². The Morgan fingerprint density at radius 2 is 2.00 bits per heavy atom. The van der Waals surface area contributed by atoms with Gasteiger partial charge in [0.15, 0.2) is 23.2 Å². The number of guanidine groups is 1. The number of benzene rings is 1. The zero-order valence-corrected chi connectivity index (χ0v) is 17.3. The van der Waals surface area contributed by atoms with Crippen LogP contribution in [0.2, 0.25) is 0 Å². The van der Waals surface area contributed by atoms with Crippen molar-refractivity contribution in [1.82, 2.24) is 15.8 Å². The maximum absolute atomic E-state index is 9.68. The van der Waals surface area contributed by atoms with E-state index in [0.29, 0.717) is 24.8 Å². The molecular weight excluding hydrogens is 356 g/mol. The molecule has 0 saturated heterocycles. The van der Waals surface area contributed by atoms with E-state index in [1.165, 1.54) is 0 Å². The molecule has 0 aliphatic rings. The fraction of sp³-hybridized carbons (Fsp3) is 0.524. The molecule has 7 heteroatoms. The molecule has 2 aromatic rings. The zero-order valence-electron chi connectivity index (χ0n) is 17.3. The number of methoxy groups -OCH3 is 1. The van der Waals surface area contributed by atoms with Crippen LogP contribution < -0.4 is 15.4 Å². The third-order valence-electron chi connectivity index (χ3n) is 4.67. The van der Waals surface area contributed by atoms with E-state index < -0.39 is 0 Å². The first-order valence-electron chi connectivity index (χ1n) is 9.94. The maximum Gasteiger partial charge on any atom is 0.191 e. The molecule has 154 valence electrons. The highest BCUT2D eigenvalue weighted by Crippen LogP contribution is 2.26. The second-order valence-electron chi connectivity index (χ2n) is 6.61. The van der Waals surface area contributed by atoms with Gasteiger partial charge in [0.2, 0.25) is 0 Å². The fourth-order valence-electron chi connectivity index (χ4n) is 3.00. The first kappa shape index (κ1) is 21.6. The molecule has 2 rings (SSSR count). The van der Waals surface area contributed by atoms with Crippen molar-refractivity contribution in [3.63, 3.8) is 0 Å². The van der Waals surface area contributed by atoms with Gasteiger partial charge in [0.25, 0.3) is 0 Å². The summed E-state index contributed by atoms with van der Waals surface area (Å²) in [6, 6.07) is 7.38. The van der Waals surface area contributed by atoms with Crippen LogP contribution in [0.4, 0.5) is 0 Å². The van der Waals surface area contributed by atoms with Crippen molar-refractivity contribution in [2.45, 2.75) is 52.5 Å². The Morgan fingerprint density at radius 3 is 2.68 bits per heavy atom. The summed E-state index contributed by atoms with van der Waals surface area (Å²) in [7, 11) is 1.55. The highest BCUT2D eigenvalue weighted by atomic mass is 16.5. The second kappa shape index (κ2) is 11.2. The second-order valence-corrected chi connectivity index (χ2v) is 6.61. The van der Waals surface area contributed by atoms with Crippen LogP contribution in [0.3, 0.4) is 0 Å².